The second kappa shape index (κ2) is 11.7. The van der Waals surface area contributed by atoms with E-state index in [4.69, 9.17) is 18.9 Å². The maximum atomic E-state index is 13.2. The van der Waals surface area contributed by atoms with Gasteiger partial charge in [0.05, 0.1) is 19.1 Å². The Morgan fingerprint density at radius 2 is 1.62 bits per heavy atom. The summed E-state index contributed by atoms with van der Waals surface area (Å²) in [6.45, 7) is 0.719. The van der Waals surface area contributed by atoms with Crippen LogP contribution in [0.5, 0.6) is 23.4 Å². The number of rotatable bonds is 13. The van der Waals surface area contributed by atoms with Crippen molar-refractivity contribution in [2.75, 3.05) is 27.4 Å². The lowest BCUT2D eigenvalue weighted by Gasteiger charge is -2.13. The van der Waals surface area contributed by atoms with Crippen molar-refractivity contribution in [3.63, 3.8) is 0 Å². The Morgan fingerprint density at radius 1 is 0.900 bits per heavy atom. The zero-order chi connectivity index (χ0) is 28.1. The van der Waals surface area contributed by atoms with Crippen LogP contribution in [0.15, 0.2) is 55.0 Å². The van der Waals surface area contributed by atoms with Crippen LogP contribution in [0.1, 0.15) is 24.0 Å². The Balaban J connectivity index is 1.26. The van der Waals surface area contributed by atoms with Crippen molar-refractivity contribution in [3.05, 3.63) is 71.9 Å². The molecule has 0 atom stereocenters. The largest absolute Gasteiger partial charge is 0.485 e. The Morgan fingerprint density at radius 3 is 2.27 bits per heavy atom. The van der Waals surface area contributed by atoms with Crippen molar-refractivity contribution in [1.82, 2.24) is 19.9 Å². The van der Waals surface area contributed by atoms with Gasteiger partial charge in [-0.2, -0.15) is 4.98 Å². The molecule has 40 heavy (non-hydrogen) atoms. The van der Waals surface area contributed by atoms with E-state index in [0.717, 1.165) is 0 Å². The maximum Gasteiger partial charge on any atom is 0.257 e. The molecule has 0 aliphatic heterocycles. The fourth-order valence-electron chi connectivity index (χ4n) is 4.31. The molecule has 1 aromatic carbocycles. The van der Waals surface area contributed by atoms with Crippen LogP contribution < -0.4 is 14.2 Å². The number of carbonyl (C=O) groups is 2. The summed E-state index contributed by atoms with van der Waals surface area (Å²) in [7, 11) is 3.06. The molecular formula is C29H27FN4O6. The predicted molar refractivity (Wildman–Crippen MR) is 141 cm³/mol. The van der Waals surface area contributed by atoms with E-state index in [1.165, 1.54) is 31.8 Å². The number of benzene rings is 1. The van der Waals surface area contributed by atoms with Crippen LogP contribution in [0.25, 0.3) is 11.0 Å². The summed E-state index contributed by atoms with van der Waals surface area (Å²) in [6, 6.07) is 10.8. The van der Waals surface area contributed by atoms with Gasteiger partial charge in [0.2, 0.25) is 5.88 Å². The molecule has 1 aliphatic carbocycles. The van der Waals surface area contributed by atoms with E-state index in [9.17, 15) is 14.0 Å². The summed E-state index contributed by atoms with van der Waals surface area (Å²) >= 11 is 0. The van der Waals surface area contributed by atoms with E-state index < -0.39 is 5.41 Å². The molecule has 0 unspecified atom stereocenters. The highest BCUT2D eigenvalue weighted by atomic mass is 19.1. The third-order valence-electron chi connectivity index (χ3n) is 6.71. The molecule has 4 aromatic rings. The maximum absolute atomic E-state index is 13.2. The number of fused-ring (bicyclic) bond motifs is 1. The van der Waals surface area contributed by atoms with Crippen LogP contribution in [0.2, 0.25) is 0 Å². The molecule has 1 aliphatic rings. The van der Waals surface area contributed by atoms with Crippen molar-refractivity contribution >= 4 is 22.6 Å². The summed E-state index contributed by atoms with van der Waals surface area (Å²) in [5.41, 5.74) is 1.21. The van der Waals surface area contributed by atoms with Gasteiger partial charge < -0.3 is 18.9 Å². The fraction of sp³-hybridized carbons (Fsp3) is 0.310. The highest BCUT2D eigenvalue weighted by Crippen LogP contribution is 2.48. The lowest BCUT2D eigenvalue weighted by molar-refractivity contribution is -0.133. The molecule has 10 nitrogen and oxygen atoms in total. The van der Waals surface area contributed by atoms with Crippen LogP contribution in [0.3, 0.4) is 0 Å². The SMILES string of the molecule is COCCOc1cc2ncnc(Oc3ccc(CC(=O)C4(C(=O)Cc5ccc(F)cc5)CC4)cn3)c2nc1OC. The number of Topliss-reactive ketones (excluding diaryl/α,β-unsaturated/α-hetero) is 2. The first-order chi connectivity index (χ1) is 19.4. The molecule has 3 aromatic heterocycles. The highest BCUT2D eigenvalue weighted by molar-refractivity contribution is 6.10. The number of ketones is 2. The zero-order valence-corrected chi connectivity index (χ0v) is 22.1. The van der Waals surface area contributed by atoms with Gasteiger partial charge in [0.1, 0.15) is 24.3 Å². The number of hydrogen-bond donors (Lipinski definition) is 0. The molecule has 0 bridgehead atoms. The van der Waals surface area contributed by atoms with Crippen LogP contribution >= 0.6 is 0 Å². The molecule has 11 heteroatoms. The first-order valence-corrected chi connectivity index (χ1v) is 12.7. The van der Waals surface area contributed by atoms with Crippen molar-refractivity contribution in [1.29, 1.82) is 0 Å². The van der Waals surface area contributed by atoms with E-state index in [1.54, 1.807) is 37.4 Å². The number of aromatic nitrogens is 4. The van der Waals surface area contributed by atoms with Gasteiger partial charge in [-0.25, -0.2) is 19.3 Å². The van der Waals surface area contributed by atoms with Gasteiger partial charge in [-0.15, -0.1) is 0 Å². The summed E-state index contributed by atoms with van der Waals surface area (Å²) in [4.78, 5) is 43.2. The summed E-state index contributed by atoms with van der Waals surface area (Å²) in [5, 5.41) is 0. The summed E-state index contributed by atoms with van der Waals surface area (Å²) in [5.74, 6) is 0.424. The quantitative estimate of drug-likeness (QED) is 0.179. The fourth-order valence-corrected chi connectivity index (χ4v) is 4.31. The second-order valence-electron chi connectivity index (χ2n) is 9.40. The average molecular weight is 547 g/mol. The molecule has 206 valence electrons. The molecule has 1 fully saturated rings. The van der Waals surface area contributed by atoms with E-state index in [2.05, 4.69) is 19.9 Å². The van der Waals surface area contributed by atoms with E-state index in [0.29, 0.717) is 54.0 Å². The van der Waals surface area contributed by atoms with E-state index in [1.807, 2.05) is 0 Å². The first-order valence-electron chi connectivity index (χ1n) is 12.7. The number of pyridine rings is 2. The predicted octanol–water partition coefficient (Wildman–Crippen LogP) is 4.09. The minimum absolute atomic E-state index is 0.0729. The summed E-state index contributed by atoms with van der Waals surface area (Å²) < 4.78 is 35.1. The average Bonchev–Trinajstić information content (AvgIpc) is 3.78. The van der Waals surface area contributed by atoms with Gasteiger partial charge in [0, 0.05) is 38.3 Å². The van der Waals surface area contributed by atoms with Gasteiger partial charge in [0.25, 0.3) is 11.8 Å². The molecule has 1 saturated carbocycles. The van der Waals surface area contributed by atoms with Crippen molar-refractivity contribution in [2.45, 2.75) is 25.7 Å². The van der Waals surface area contributed by atoms with Crippen LogP contribution in [0.4, 0.5) is 4.39 Å². The van der Waals surface area contributed by atoms with Crippen molar-refractivity contribution < 1.29 is 32.9 Å². The smallest absolute Gasteiger partial charge is 0.257 e. The van der Waals surface area contributed by atoms with Gasteiger partial charge >= 0.3 is 0 Å². The topological polar surface area (TPSA) is 123 Å². The third-order valence-corrected chi connectivity index (χ3v) is 6.71. The standard InChI is InChI=1S/C29H27FN4O6/c1-37-11-12-39-22-15-21-26(34-27(22)38-2)28(33-17-32-21)40-25-8-5-19(16-31-25)14-24(36)29(9-10-29)23(35)13-18-3-6-20(30)7-4-18/h3-8,15-17H,9-14H2,1-2H3. The molecule has 0 amide bonds. The molecule has 0 radical (unpaired) electrons. The normalized spacial score (nSPS) is 13.6. The molecule has 0 saturated heterocycles. The van der Waals surface area contributed by atoms with Crippen LogP contribution in [-0.4, -0.2) is 58.9 Å². The molecule has 3 heterocycles. The molecule has 0 N–H and O–H groups in total. The van der Waals surface area contributed by atoms with Gasteiger partial charge in [-0.3, -0.25) is 9.59 Å². The van der Waals surface area contributed by atoms with Gasteiger partial charge in [0.15, 0.2) is 22.8 Å². The highest BCUT2D eigenvalue weighted by Gasteiger charge is 2.54. The van der Waals surface area contributed by atoms with E-state index in [-0.39, 0.29) is 47.9 Å². The number of nitrogens with zero attached hydrogens (tertiary/aromatic N) is 4. The number of methoxy groups -OCH3 is 2. The Hall–Kier alpha value is -4.51. The monoisotopic (exact) mass is 546 g/mol. The Bertz CT molecular complexity index is 1520. The Labute approximate surface area is 229 Å². The van der Waals surface area contributed by atoms with Crippen molar-refractivity contribution in [3.8, 4) is 23.4 Å². The minimum Gasteiger partial charge on any atom is -0.485 e. The number of carbonyl (C=O) groups excluding carboxylic acids is 2. The number of hydrogen-bond acceptors (Lipinski definition) is 10. The van der Waals surface area contributed by atoms with Crippen LogP contribution in [-0.2, 0) is 27.2 Å². The number of ether oxygens (including phenoxy) is 4. The van der Waals surface area contributed by atoms with Gasteiger partial charge in [-0.05, 0) is 36.1 Å². The van der Waals surface area contributed by atoms with E-state index >= 15 is 0 Å². The third kappa shape index (κ3) is 5.89. The summed E-state index contributed by atoms with van der Waals surface area (Å²) in [6.07, 6.45) is 4.10. The molecular weight excluding hydrogens is 519 g/mol. The first kappa shape index (κ1) is 27.1. The second-order valence-corrected chi connectivity index (χ2v) is 9.40. The lowest BCUT2D eigenvalue weighted by atomic mass is 9.88. The number of halogens is 1. The van der Waals surface area contributed by atoms with Crippen molar-refractivity contribution in [2.24, 2.45) is 5.41 Å². The van der Waals surface area contributed by atoms with Gasteiger partial charge in [-0.1, -0.05) is 18.2 Å². The zero-order valence-electron chi connectivity index (χ0n) is 22.1. The van der Waals surface area contributed by atoms with Crippen LogP contribution in [0, 0.1) is 11.2 Å². The molecule has 5 rings (SSSR count). The Kier molecular flexibility index (Phi) is 7.92. The molecule has 0 spiro atoms. The minimum atomic E-state index is -0.972. The lowest BCUT2D eigenvalue weighted by Crippen LogP contribution is -2.28.